The van der Waals surface area contributed by atoms with Crippen LogP contribution in [0.1, 0.15) is 20.3 Å². The number of carboxylic acid groups (broad SMARTS) is 1. The Kier molecular flexibility index (Phi) is 5.59. The van der Waals surface area contributed by atoms with Crippen LogP contribution >= 0.6 is 0 Å². The number of alkyl halides is 3. The Hall–Kier alpha value is -1.31. The highest BCUT2D eigenvalue weighted by Crippen LogP contribution is 2.23. The Morgan fingerprint density at radius 3 is 2.17 bits per heavy atom. The minimum atomic E-state index is -5.00. The van der Waals surface area contributed by atoms with E-state index in [0.29, 0.717) is 0 Å². The van der Waals surface area contributed by atoms with Crippen LogP contribution in [0.15, 0.2) is 0 Å². The molecular weight excluding hydrogens is 255 g/mol. The van der Waals surface area contributed by atoms with Crippen LogP contribution in [0.4, 0.5) is 13.2 Å². The lowest BCUT2D eigenvalue weighted by molar-refractivity contribution is -0.175. The zero-order chi connectivity index (χ0) is 14.6. The van der Waals surface area contributed by atoms with E-state index in [1.807, 2.05) is 0 Å². The third-order valence-corrected chi connectivity index (χ3v) is 2.30. The topological polar surface area (TPSA) is 75.6 Å². The van der Waals surface area contributed by atoms with Gasteiger partial charge in [0.25, 0.3) is 0 Å². The maximum Gasteiger partial charge on any atom is 0.471 e. The quantitative estimate of drug-likeness (QED) is 0.760. The SMILES string of the molecule is COCC(CC(C)(C)C(=O)O)NC(=O)C(F)(F)F. The molecule has 0 radical (unpaired) electrons. The van der Waals surface area contributed by atoms with Crippen LogP contribution in [0, 0.1) is 5.41 Å². The number of halogens is 3. The molecule has 0 spiro atoms. The Bertz CT molecular complexity index is 315. The number of amides is 1. The molecule has 1 atom stereocenters. The largest absolute Gasteiger partial charge is 0.481 e. The fraction of sp³-hybridized carbons (Fsp3) is 0.800. The summed E-state index contributed by atoms with van der Waals surface area (Å²) < 4.78 is 40.9. The molecule has 0 rings (SSSR count). The molecule has 1 unspecified atom stereocenters. The highest BCUT2D eigenvalue weighted by molar-refractivity contribution is 5.82. The van der Waals surface area contributed by atoms with Crippen LogP contribution in [0.5, 0.6) is 0 Å². The van der Waals surface area contributed by atoms with Gasteiger partial charge >= 0.3 is 18.1 Å². The summed E-state index contributed by atoms with van der Waals surface area (Å²) in [5.74, 6) is -3.27. The third kappa shape index (κ3) is 5.35. The van der Waals surface area contributed by atoms with E-state index in [1.54, 1.807) is 5.32 Å². The number of ether oxygens (including phenoxy) is 1. The van der Waals surface area contributed by atoms with Crippen LogP contribution < -0.4 is 5.32 Å². The summed E-state index contributed by atoms with van der Waals surface area (Å²) in [7, 11) is 1.25. The minimum absolute atomic E-state index is 0.169. The Morgan fingerprint density at radius 2 is 1.83 bits per heavy atom. The van der Waals surface area contributed by atoms with Gasteiger partial charge in [-0.2, -0.15) is 13.2 Å². The van der Waals surface area contributed by atoms with E-state index in [1.165, 1.54) is 21.0 Å². The zero-order valence-electron chi connectivity index (χ0n) is 10.3. The van der Waals surface area contributed by atoms with Crippen molar-refractivity contribution in [1.29, 1.82) is 0 Å². The van der Waals surface area contributed by atoms with E-state index in [4.69, 9.17) is 5.11 Å². The number of nitrogens with one attached hydrogen (secondary N) is 1. The van der Waals surface area contributed by atoms with Crippen molar-refractivity contribution in [1.82, 2.24) is 5.32 Å². The Labute approximate surface area is 102 Å². The molecule has 0 aromatic rings. The predicted octanol–water partition coefficient (Wildman–Crippen LogP) is 1.18. The average molecular weight is 271 g/mol. The monoisotopic (exact) mass is 271 g/mol. The number of carbonyl (C=O) groups is 2. The van der Waals surface area contributed by atoms with E-state index in [9.17, 15) is 22.8 Å². The number of aliphatic carboxylic acids is 1. The summed E-state index contributed by atoms with van der Waals surface area (Å²) >= 11 is 0. The number of carbonyl (C=O) groups excluding carboxylic acids is 1. The van der Waals surface area contributed by atoms with Crippen LogP contribution in [0.2, 0.25) is 0 Å². The maximum absolute atomic E-state index is 12.1. The lowest BCUT2D eigenvalue weighted by Crippen LogP contribution is -2.47. The van der Waals surface area contributed by atoms with E-state index < -0.39 is 29.5 Å². The minimum Gasteiger partial charge on any atom is -0.481 e. The van der Waals surface area contributed by atoms with E-state index in [-0.39, 0.29) is 13.0 Å². The first kappa shape index (κ1) is 16.7. The van der Waals surface area contributed by atoms with Gasteiger partial charge in [-0.25, -0.2) is 0 Å². The maximum atomic E-state index is 12.1. The van der Waals surface area contributed by atoms with Gasteiger partial charge in [0, 0.05) is 7.11 Å². The first-order valence-electron chi connectivity index (χ1n) is 5.10. The molecule has 0 aromatic carbocycles. The number of carboxylic acids is 1. The summed E-state index contributed by atoms with van der Waals surface area (Å²) in [6.45, 7) is 2.52. The molecule has 18 heavy (non-hydrogen) atoms. The second-order valence-electron chi connectivity index (χ2n) is 4.52. The van der Waals surface area contributed by atoms with Gasteiger partial charge in [0.15, 0.2) is 0 Å². The third-order valence-electron chi connectivity index (χ3n) is 2.30. The highest BCUT2D eigenvalue weighted by atomic mass is 19.4. The molecule has 0 saturated heterocycles. The van der Waals surface area contributed by atoms with E-state index in [2.05, 4.69) is 4.74 Å². The van der Waals surface area contributed by atoms with Crippen molar-refractivity contribution in [3.63, 3.8) is 0 Å². The highest BCUT2D eigenvalue weighted by Gasteiger charge is 2.41. The van der Waals surface area contributed by atoms with Gasteiger partial charge in [0.05, 0.1) is 18.1 Å². The normalized spacial score (nSPS) is 14.1. The summed E-state index contributed by atoms with van der Waals surface area (Å²) in [6, 6.07) is -1.02. The molecular formula is C10H16F3NO4. The second kappa shape index (κ2) is 6.03. The van der Waals surface area contributed by atoms with Crippen molar-refractivity contribution < 1.29 is 32.6 Å². The summed E-state index contributed by atoms with van der Waals surface area (Å²) in [5.41, 5.74) is -1.26. The number of methoxy groups -OCH3 is 1. The molecule has 0 saturated carbocycles. The van der Waals surface area contributed by atoms with E-state index >= 15 is 0 Å². The van der Waals surface area contributed by atoms with Crippen molar-refractivity contribution >= 4 is 11.9 Å². The van der Waals surface area contributed by atoms with E-state index in [0.717, 1.165) is 0 Å². The zero-order valence-corrected chi connectivity index (χ0v) is 10.3. The summed E-state index contributed by atoms with van der Waals surface area (Å²) in [5, 5.41) is 10.6. The molecule has 5 nitrogen and oxygen atoms in total. The molecule has 106 valence electrons. The second-order valence-corrected chi connectivity index (χ2v) is 4.52. The molecule has 0 heterocycles. The van der Waals surface area contributed by atoms with Gasteiger partial charge in [-0.15, -0.1) is 0 Å². The van der Waals surface area contributed by atoms with Crippen molar-refractivity contribution in [3.05, 3.63) is 0 Å². The van der Waals surface area contributed by atoms with Crippen LogP contribution in [0.3, 0.4) is 0 Å². The molecule has 0 aliphatic carbocycles. The molecule has 0 aromatic heterocycles. The fourth-order valence-corrected chi connectivity index (χ4v) is 1.32. The van der Waals surface area contributed by atoms with Crippen molar-refractivity contribution in [3.8, 4) is 0 Å². The first-order valence-corrected chi connectivity index (χ1v) is 5.10. The van der Waals surface area contributed by atoms with Crippen molar-refractivity contribution in [2.24, 2.45) is 5.41 Å². The Balaban J connectivity index is 4.69. The van der Waals surface area contributed by atoms with Gasteiger partial charge < -0.3 is 15.2 Å². The molecule has 0 aliphatic heterocycles. The summed E-state index contributed by atoms with van der Waals surface area (Å²) in [4.78, 5) is 21.6. The summed E-state index contributed by atoms with van der Waals surface area (Å²) in [6.07, 6.45) is -5.17. The number of hydrogen-bond acceptors (Lipinski definition) is 3. The lowest BCUT2D eigenvalue weighted by Gasteiger charge is -2.26. The molecule has 2 N–H and O–H groups in total. The lowest BCUT2D eigenvalue weighted by atomic mass is 9.86. The van der Waals surface area contributed by atoms with Gasteiger partial charge in [-0.05, 0) is 20.3 Å². The van der Waals surface area contributed by atoms with Gasteiger partial charge in [0.1, 0.15) is 0 Å². The average Bonchev–Trinajstić information content (AvgIpc) is 2.15. The standard InChI is InChI=1S/C10H16F3NO4/c1-9(2,8(16)17)4-6(5-18-3)14-7(15)10(11,12)13/h6H,4-5H2,1-3H3,(H,14,15)(H,16,17). The predicted molar refractivity (Wildman–Crippen MR) is 55.9 cm³/mol. The van der Waals surface area contributed by atoms with Crippen LogP contribution in [-0.4, -0.2) is 42.9 Å². The first-order chi connectivity index (χ1) is 8.00. The van der Waals surface area contributed by atoms with Gasteiger partial charge in [-0.3, -0.25) is 9.59 Å². The van der Waals surface area contributed by atoms with Crippen molar-refractivity contribution in [2.75, 3.05) is 13.7 Å². The number of rotatable bonds is 6. The molecule has 0 fully saturated rings. The molecule has 0 aliphatic rings. The molecule has 8 heteroatoms. The van der Waals surface area contributed by atoms with Crippen molar-refractivity contribution in [2.45, 2.75) is 32.5 Å². The fourth-order valence-electron chi connectivity index (χ4n) is 1.32. The molecule has 1 amide bonds. The smallest absolute Gasteiger partial charge is 0.471 e. The van der Waals surface area contributed by atoms with Gasteiger partial charge in [0.2, 0.25) is 0 Å². The Morgan fingerprint density at radius 1 is 1.33 bits per heavy atom. The molecule has 0 bridgehead atoms. The number of hydrogen-bond donors (Lipinski definition) is 2. The van der Waals surface area contributed by atoms with Crippen LogP contribution in [-0.2, 0) is 14.3 Å². The van der Waals surface area contributed by atoms with Gasteiger partial charge in [-0.1, -0.05) is 0 Å². The van der Waals surface area contributed by atoms with Crippen LogP contribution in [0.25, 0.3) is 0 Å².